The summed E-state index contributed by atoms with van der Waals surface area (Å²) in [4.78, 5) is 17.7. The second-order valence-corrected chi connectivity index (χ2v) is 8.81. The molecule has 0 aromatic carbocycles. The maximum absolute atomic E-state index is 12.9. The molecule has 0 bridgehead atoms. The molecule has 3 nitrogen and oxygen atoms in total. The Morgan fingerprint density at radius 3 is 2.83 bits per heavy atom. The maximum atomic E-state index is 12.9. The molecule has 0 unspecified atom stereocenters. The van der Waals surface area contributed by atoms with Crippen molar-refractivity contribution in [2.24, 2.45) is 11.8 Å². The molecule has 0 spiro atoms. The van der Waals surface area contributed by atoms with Crippen molar-refractivity contribution in [3.8, 4) is 0 Å². The third-order valence-electron chi connectivity index (χ3n) is 5.81. The van der Waals surface area contributed by atoms with E-state index in [1.165, 1.54) is 41.9 Å². The number of aryl methyl sites for hydroxylation is 1. The van der Waals surface area contributed by atoms with Gasteiger partial charge < -0.3 is 9.64 Å². The summed E-state index contributed by atoms with van der Waals surface area (Å²) < 4.78 is 6.02. The van der Waals surface area contributed by atoms with Gasteiger partial charge in [0.25, 0.3) is 0 Å². The topological polar surface area (TPSA) is 29.5 Å². The normalized spacial score (nSPS) is 32.0. The fourth-order valence-corrected chi connectivity index (χ4v) is 5.39. The van der Waals surface area contributed by atoms with Gasteiger partial charge in [-0.1, -0.05) is 19.3 Å². The van der Waals surface area contributed by atoms with E-state index in [0.717, 1.165) is 26.1 Å². The van der Waals surface area contributed by atoms with Crippen molar-refractivity contribution in [2.75, 3.05) is 19.7 Å². The Labute approximate surface area is 143 Å². The van der Waals surface area contributed by atoms with Crippen molar-refractivity contribution >= 4 is 17.2 Å². The lowest BCUT2D eigenvalue weighted by molar-refractivity contribution is -0.143. The van der Waals surface area contributed by atoms with E-state index in [4.69, 9.17) is 4.74 Å². The Bertz CT molecular complexity index is 563. The average Bonchev–Trinajstić information content (AvgIpc) is 3.29. The highest BCUT2D eigenvalue weighted by Gasteiger charge is 2.47. The van der Waals surface area contributed by atoms with Crippen LogP contribution in [0.5, 0.6) is 0 Å². The van der Waals surface area contributed by atoms with E-state index < -0.39 is 0 Å². The summed E-state index contributed by atoms with van der Waals surface area (Å²) in [5, 5.41) is 0. The molecule has 3 atom stereocenters. The van der Waals surface area contributed by atoms with E-state index >= 15 is 0 Å². The summed E-state index contributed by atoms with van der Waals surface area (Å²) in [6.45, 7) is 4.48. The molecule has 3 fully saturated rings. The van der Waals surface area contributed by atoms with Crippen LogP contribution in [0.2, 0.25) is 0 Å². The first-order chi connectivity index (χ1) is 11.2. The van der Waals surface area contributed by atoms with Gasteiger partial charge in [-0.05, 0) is 44.2 Å². The van der Waals surface area contributed by atoms with Gasteiger partial charge in [-0.3, -0.25) is 4.79 Å². The van der Waals surface area contributed by atoms with Crippen molar-refractivity contribution in [3.63, 3.8) is 0 Å². The highest BCUT2D eigenvalue weighted by Crippen LogP contribution is 2.50. The van der Waals surface area contributed by atoms with Crippen LogP contribution in [-0.2, 0) is 9.53 Å². The summed E-state index contributed by atoms with van der Waals surface area (Å²) in [6, 6.07) is 4.38. The Kier molecular flexibility index (Phi) is 4.46. The Balaban J connectivity index is 1.35. The minimum Gasteiger partial charge on any atom is -0.374 e. The van der Waals surface area contributed by atoms with Gasteiger partial charge in [0.1, 0.15) is 0 Å². The molecular weight excluding hydrogens is 306 g/mol. The molecule has 3 aliphatic rings. The van der Waals surface area contributed by atoms with Crippen molar-refractivity contribution in [1.29, 1.82) is 0 Å². The zero-order chi connectivity index (χ0) is 15.8. The number of carbonyl (C=O) groups excluding carboxylic acids is 1. The molecule has 126 valence electrons. The standard InChI is InChI=1S/C19H27NO2S/c1-13-7-8-18(23-13)15-11-16(15)19(21)20-9-10-22-17(12-20)14-5-3-2-4-6-14/h7-8,14-17H,2-6,9-12H2,1H3/t15-,16-,17+/m1/s1. The van der Waals surface area contributed by atoms with E-state index in [0.29, 0.717) is 17.7 Å². The van der Waals surface area contributed by atoms with Gasteiger partial charge >= 0.3 is 0 Å². The third kappa shape index (κ3) is 3.34. The number of nitrogens with zero attached hydrogens (tertiary/aromatic N) is 1. The molecule has 0 radical (unpaired) electrons. The van der Waals surface area contributed by atoms with Crippen LogP contribution < -0.4 is 0 Å². The van der Waals surface area contributed by atoms with Crippen LogP contribution in [0.3, 0.4) is 0 Å². The lowest BCUT2D eigenvalue weighted by Gasteiger charge is -2.38. The average molecular weight is 333 g/mol. The zero-order valence-corrected chi connectivity index (χ0v) is 14.8. The van der Waals surface area contributed by atoms with Gasteiger partial charge in [0.15, 0.2) is 0 Å². The number of hydrogen-bond acceptors (Lipinski definition) is 3. The molecule has 1 saturated heterocycles. The number of amides is 1. The highest BCUT2D eigenvalue weighted by molar-refractivity contribution is 7.12. The lowest BCUT2D eigenvalue weighted by atomic mass is 9.84. The van der Waals surface area contributed by atoms with E-state index in [1.54, 1.807) is 0 Å². The molecule has 1 amide bonds. The maximum Gasteiger partial charge on any atom is 0.226 e. The molecule has 1 aromatic rings. The number of carbonyl (C=O) groups is 1. The van der Waals surface area contributed by atoms with Crippen LogP contribution in [0.4, 0.5) is 0 Å². The van der Waals surface area contributed by atoms with Gasteiger partial charge in [-0.25, -0.2) is 0 Å². The molecule has 2 aliphatic carbocycles. The number of rotatable bonds is 3. The second-order valence-electron chi connectivity index (χ2n) is 7.49. The van der Waals surface area contributed by atoms with Gasteiger partial charge in [-0.2, -0.15) is 0 Å². The van der Waals surface area contributed by atoms with Crippen LogP contribution in [0, 0.1) is 18.8 Å². The zero-order valence-electron chi connectivity index (χ0n) is 14.0. The Morgan fingerprint density at radius 1 is 1.26 bits per heavy atom. The van der Waals surface area contributed by atoms with Crippen LogP contribution >= 0.6 is 11.3 Å². The summed E-state index contributed by atoms with van der Waals surface area (Å²) in [5.74, 6) is 1.77. The molecule has 4 rings (SSSR count). The Hall–Kier alpha value is -0.870. The predicted octanol–water partition coefficient (Wildman–Crippen LogP) is 3.97. The molecule has 2 saturated carbocycles. The molecule has 23 heavy (non-hydrogen) atoms. The fourth-order valence-electron chi connectivity index (χ4n) is 4.34. The number of ether oxygens (including phenoxy) is 1. The molecule has 1 aliphatic heterocycles. The molecule has 4 heteroatoms. The predicted molar refractivity (Wildman–Crippen MR) is 92.8 cm³/mol. The number of hydrogen-bond donors (Lipinski definition) is 0. The van der Waals surface area contributed by atoms with Gasteiger partial charge in [0, 0.05) is 34.7 Å². The summed E-state index contributed by atoms with van der Waals surface area (Å²) in [7, 11) is 0. The molecule has 2 heterocycles. The first-order valence-corrected chi connectivity index (χ1v) is 10.0. The SMILES string of the molecule is Cc1ccc([C@@H]2C[C@H]2C(=O)N2CCO[C@H](C3CCCCC3)C2)s1. The van der Waals surface area contributed by atoms with Crippen molar-refractivity contribution in [1.82, 2.24) is 4.90 Å². The van der Waals surface area contributed by atoms with E-state index in [-0.39, 0.29) is 12.0 Å². The third-order valence-corrected chi connectivity index (χ3v) is 6.95. The van der Waals surface area contributed by atoms with E-state index in [1.807, 2.05) is 11.3 Å². The van der Waals surface area contributed by atoms with Crippen molar-refractivity contribution in [2.45, 2.75) is 57.5 Å². The lowest BCUT2D eigenvalue weighted by Crippen LogP contribution is -2.49. The van der Waals surface area contributed by atoms with Crippen LogP contribution in [-0.4, -0.2) is 36.6 Å². The van der Waals surface area contributed by atoms with E-state index in [9.17, 15) is 4.79 Å². The first kappa shape index (κ1) is 15.6. The molecule has 1 aromatic heterocycles. The number of morpholine rings is 1. The molecular formula is C19H27NO2S. The van der Waals surface area contributed by atoms with Crippen LogP contribution in [0.1, 0.15) is 54.2 Å². The largest absolute Gasteiger partial charge is 0.374 e. The quantitative estimate of drug-likeness (QED) is 0.838. The molecule has 0 N–H and O–H groups in total. The van der Waals surface area contributed by atoms with Crippen molar-refractivity contribution < 1.29 is 9.53 Å². The number of thiophene rings is 1. The summed E-state index contributed by atoms with van der Waals surface area (Å²) in [5.41, 5.74) is 0. The highest BCUT2D eigenvalue weighted by atomic mass is 32.1. The van der Waals surface area contributed by atoms with Crippen LogP contribution in [0.15, 0.2) is 12.1 Å². The monoisotopic (exact) mass is 333 g/mol. The summed E-state index contributed by atoms with van der Waals surface area (Å²) >= 11 is 1.85. The first-order valence-electron chi connectivity index (χ1n) is 9.19. The van der Waals surface area contributed by atoms with Crippen molar-refractivity contribution in [3.05, 3.63) is 21.9 Å². The smallest absolute Gasteiger partial charge is 0.226 e. The summed E-state index contributed by atoms with van der Waals surface area (Å²) in [6.07, 6.45) is 7.94. The minimum atomic E-state index is 0.234. The fraction of sp³-hybridized carbons (Fsp3) is 0.737. The van der Waals surface area contributed by atoms with Gasteiger partial charge in [-0.15, -0.1) is 11.3 Å². The van der Waals surface area contributed by atoms with Crippen LogP contribution in [0.25, 0.3) is 0 Å². The van der Waals surface area contributed by atoms with Gasteiger partial charge in [0.2, 0.25) is 5.91 Å². The Morgan fingerprint density at radius 2 is 2.09 bits per heavy atom. The minimum absolute atomic E-state index is 0.234. The second kappa shape index (κ2) is 6.56. The van der Waals surface area contributed by atoms with E-state index in [2.05, 4.69) is 24.0 Å². The van der Waals surface area contributed by atoms with Gasteiger partial charge in [0.05, 0.1) is 12.7 Å².